The van der Waals surface area contributed by atoms with E-state index in [0.29, 0.717) is 13.2 Å². The van der Waals surface area contributed by atoms with E-state index in [2.05, 4.69) is 22.9 Å². The van der Waals surface area contributed by atoms with E-state index in [1.165, 1.54) is 4.90 Å². The van der Waals surface area contributed by atoms with Gasteiger partial charge in [0.2, 0.25) is 0 Å². The Labute approximate surface area is 138 Å². The Kier molecular flexibility index (Phi) is 6.47. The second kappa shape index (κ2) is 8.58. The molecule has 5 nitrogen and oxygen atoms in total. The Morgan fingerprint density at radius 2 is 2.13 bits per heavy atom. The number of para-hydroxylation sites is 2. The Morgan fingerprint density at radius 3 is 2.78 bits per heavy atom. The molecule has 1 heterocycles. The van der Waals surface area contributed by atoms with E-state index in [-0.39, 0.29) is 11.9 Å². The molecule has 1 amide bonds. The first kappa shape index (κ1) is 17.3. The van der Waals surface area contributed by atoms with Gasteiger partial charge < -0.3 is 19.9 Å². The molecule has 2 N–H and O–H groups in total. The number of rotatable bonds is 7. The van der Waals surface area contributed by atoms with Crippen LogP contribution >= 0.6 is 0 Å². The van der Waals surface area contributed by atoms with E-state index in [0.717, 1.165) is 37.6 Å². The van der Waals surface area contributed by atoms with Gasteiger partial charge in [-0.3, -0.25) is 4.79 Å². The van der Waals surface area contributed by atoms with Crippen LogP contribution in [0.1, 0.15) is 13.8 Å². The molecule has 5 heteroatoms. The quantitative estimate of drug-likeness (QED) is 0.719. The Hall–Kier alpha value is -2.01. The summed E-state index contributed by atoms with van der Waals surface area (Å²) in [4.78, 5) is 15.8. The van der Waals surface area contributed by atoms with E-state index >= 15 is 0 Å². The number of carbonyl (C=O) groups excluding carboxylic acids is 1. The van der Waals surface area contributed by atoms with Gasteiger partial charge in [0, 0.05) is 6.54 Å². The molecular weight excluding hydrogens is 290 g/mol. The van der Waals surface area contributed by atoms with Crippen molar-refractivity contribution in [1.29, 1.82) is 0 Å². The molecule has 0 spiro atoms. The summed E-state index contributed by atoms with van der Waals surface area (Å²) in [5.74, 6) is 1.04. The minimum absolute atomic E-state index is 0.0285. The summed E-state index contributed by atoms with van der Waals surface area (Å²) in [7, 11) is 0. The first-order chi connectivity index (χ1) is 11.2. The third-order valence-corrected chi connectivity index (χ3v) is 4.34. The zero-order valence-electron chi connectivity index (χ0n) is 14.2. The lowest BCUT2D eigenvalue weighted by Crippen LogP contribution is -3.19. The number of amides is 1. The number of hydrogen-bond donors (Lipinski definition) is 2. The summed E-state index contributed by atoms with van der Waals surface area (Å²) in [6.45, 7) is 12.6. The summed E-state index contributed by atoms with van der Waals surface area (Å²) >= 11 is 0. The van der Waals surface area contributed by atoms with Crippen molar-refractivity contribution in [1.82, 2.24) is 5.32 Å². The van der Waals surface area contributed by atoms with E-state index in [1.54, 1.807) is 6.08 Å². The summed E-state index contributed by atoms with van der Waals surface area (Å²) in [6.07, 6.45) is 1.71. The molecular formula is C18H28N3O2+. The number of carbonyl (C=O) groups is 1. The minimum atomic E-state index is -0.0285. The molecule has 1 fully saturated rings. The molecule has 1 saturated heterocycles. The van der Waals surface area contributed by atoms with Crippen LogP contribution in [0.4, 0.5) is 5.69 Å². The normalized spacial score (nSPS) is 16.7. The Balaban J connectivity index is 1.93. The zero-order chi connectivity index (χ0) is 16.7. The number of anilines is 1. The van der Waals surface area contributed by atoms with Crippen LogP contribution in [0.2, 0.25) is 0 Å². The molecule has 0 aromatic heterocycles. The fourth-order valence-electron chi connectivity index (χ4n) is 2.98. The lowest BCUT2D eigenvalue weighted by atomic mass is 10.2. The average Bonchev–Trinajstić information content (AvgIpc) is 2.60. The molecule has 1 atom stereocenters. The van der Waals surface area contributed by atoms with Crippen LogP contribution in [-0.4, -0.2) is 51.3 Å². The smallest absolute Gasteiger partial charge is 0.278 e. The fourth-order valence-corrected chi connectivity index (χ4v) is 2.98. The highest BCUT2D eigenvalue weighted by molar-refractivity contribution is 5.80. The number of piperazine rings is 1. The van der Waals surface area contributed by atoms with Crippen LogP contribution in [0, 0.1) is 0 Å². The second-order valence-corrected chi connectivity index (χ2v) is 5.80. The standard InChI is InChI=1S/C18H27N3O2/c1-4-10-19-18(22)15(3)20-11-13-21(14-12-20)16-8-6-7-9-17(16)23-5-2/h4,6-9,15H,1,5,10-14H2,2-3H3,(H,19,22)/p+1/t15-/m1/s1. The lowest BCUT2D eigenvalue weighted by Gasteiger charge is -2.36. The van der Waals surface area contributed by atoms with Crippen LogP contribution in [0.5, 0.6) is 5.75 Å². The summed E-state index contributed by atoms with van der Waals surface area (Å²) in [5, 5.41) is 2.89. The zero-order valence-corrected chi connectivity index (χ0v) is 14.2. The minimum Gasteiger partial charge on any atom is -0.492 e. The highest BCUT2D eigenvalue weighted by Gasteiger charge is 2.29. The number of nitrogens with one attached hydrogen (secondary N) is 2. The van der Waals surface area contributed by atoms with E-state index in [9.17, 15) is 4.79 Å². The van der Waals surface area contributed by atoms with E-state index in [4.69, 9.17) is 4.74 Å². The Morgan fingerprint density at radius 1 is 1.43 bits per heavy atom. The lowest BCUT2D eigenvalue weighted by molar-refractivity contribution is -0.914. The molecule has 23 heavy (non-hydrogen) atoms. The monoisotopic (exact) mass is 318 g/mol. The molecule has 0 radical (unpaired) electrons. The molecule has 1 aromatic rings. The van der Waals surface area contributed by atoms with Gasteiger partial charge in [-0.2, -0.15) is 0 Å². The van der Waals surface area contributed by atoms with E-state index in [1.807, 2.05) is 32.0 Å². The SMILES string of the molecule is C=CCNC(=O)[C@@H](C)[NH+]1CCN(c2ccccc2OCC)CC1. The van der Waals surface area contributed by atoms with Gasteiger partial charge in [0.15, 0.2) is 6.04 Å². The second-order valence-electron chi connectivity index (χ2n) is 5.80. The molecule has 1 aliphatic rings. The van der Waals surface area contributed by atoms with Crippen molar-refractivity contribution >= 4 is 11.6 Å². The van der Waals surface area contributed by atoms with Gasteiger partial charge in [-0.05, 0) is 26.0 Å². The number of hydrogen-bond acceptors (Lipinski definition) is 3. The van der Waals surface area contributed by atoms with Gasteiger partial charge in [0.05, 0.1) is 38.5 Å². The average molecular weight is 318 g/mol. The van der Waals surface area contributed by atoms with Gasteiger partial charge in [0.1, 0.15) is 5.75 Å². The van der Waals surface area contributed by atoms with Crippen LogP contribution < -0.4 is 19.9 Å². The van der Waals surface area contributed by atoms with Crippen molar-refractivity contribution in [3.05, 3.63) is 36.9 Å². The fraction of sp³-hybridized carbons (Fsp3) is 0.500. The first-order valence-corrected chi connectivity index (χ1v) is 8.37. The van der Waals surface area contributed by atoms with Crippen LogP contribution in [-0.2, 0) is 4.79 Å². The maximum atomic E-state index is 12.1. The van der Waals surface area contributed by atoms with Crippen molar-refractivity contribution in [2.75, 3.05) is 44.2 Å². The first-order valence-electron chi connectivity index (χ1n) is 8.37. The maximum Gasteiger partial charge on any atom is 0.278 e. The maximum absolute atomic E-state index is 12.1. The van der Waals surface area contributed by atoms with Crippen molar-refractivity contribution in [3.63, 3.8) is 0 Å². The molecule has 1 aromatic carbocycles. The summed E-state index contributed by atoms with van der Waals surface area (Å²) in [6, 6.07) is 8.14. The van der Waals surface area contributed by atoms with Gasteiger partial charge in [-0.1, -0.05) is 18.2 Å². The predicted molar refractivity (Wildman–Crippen MR) is 93.2 cm³/mol. The van der Waals surface area contributed by atoms with Crippen LogP contribution in [0.25, 0.3) is 0 Å². The van der Waals surface area contributed by atoms with Crippen molar-refractivity contribution < 1.29 is 14.4 Å². The molecule has 0 unspecified atom stereocenters. The summed E-state index contributed by atoms with van der Waals surface area (Å²) in [5.41, 5.74) is 1.15. The van der Waals surface area contributed by atoms with E-state index < -0.39 is 0 Å². The highest BCUT2D eigenvalue weighted by Crippen LogP contribution is 2.27. The Bertz CT molecular complexity index is 525. The molecule has 2 rings (SSSR count). The van der Waals surface area contributed by atoms with Gasteiger partial charge in [0.25, 0.3) is 5.91 Å². The molecule has 0 saturated carbocycles. The number of benzene rings is 1. The number of quaternary nitrogens is 1. The topological polar surface area (TPSA) is 46.0 Å². The van der Waals surface area contributed by atoms with Gasteiger partial charge >= 0.3 is 0 Å². The van der Waals surface area contributed by atoms with Crippen molar-refractivity contribution in [3.8, 4) is 5.75 Å². The molecule has 126 valence electrons. The third kappa shape index (κ3) is 4.48. The van der Waals surface area contributed by atoms with Crippen LogP contribution in [0.15, 0.2) is 36.9 Å². The van der Waals surface area contributed by atoms with Crippen LogP contribution in [0.3, 0.4) is 0 Å². The summed E-state index contributed by atoms with van der Waals surface area (Å²) < 4.78 is 5.73. The third-order valence-electron chi connectivity index (χ3n) is 4.34. The number of nitrogens with zero attached hydrogens (tertiary/aromatic N) is 1. The molecule has 0 bridgehead atoms. The van der Waals surface area contributed by atoms with Crippen molar-refractivity contribution in [2.24, 2.45) is 0 Å². The van der Waals surface area contributed by atoms with Gasteiger partial charge in [-0.15, -0.1) is 6.58 Å². The molecule has 1 aliphatic heterocycles. The largest absolute Gasteiger partial charge is 0.492 e. The number of ether oxygens (including phenoxy) is 1. The van der Waals surface area contributed by atoms with Gasteiger partial charge in [-0.25, -0.2) is 0 Å². The highest BCUT2D eigenvalue weighted by atomic mass is 16.5. The molecule has 0 aliphatic carbocycles. The van der Waals surface area contributed by atoms with Crippen molar-refractivity contribution in [2.45, 2.75) is 19.9 Å². The predicted octanol–water partition coefficient (Wildman–Crippen LogP) is 0.481.